The molecule has 7 heteroatoms. The standard InChI is InChI=1S/C16H20ClN3O2S/c1-16(2,3)22-15(21)20-8-6-19(7-9-20)11-10-23-12-4-5-13(17)18-14(11)12/h4-5,10H,6-9H2,1-3H3. The highest BCUT2D eigenvalue weighted by Gasteiger charge is 2.27. The van der Waals surface area contributed by atoms with Gasteiger partial charge >= 0.3 is 6.09 Å². The van der Waals surface area contributed by atoms with E-state index in [4.69, 9.17) is 16.3 Å². The number of nitrogens with zero attached hydrogens (tertiary/aromatic N) is 3. The summed E-state index contributed by atoms with van der Waals surface area (Å²) in [6.07, 6.45) is -0.242. The molecule has 3 heterocycles. The van der Waals surface area contributed by atoms with Crippen molar-refractivity contribution >= 4 is 44.9 Å². The predicted octanol–water partition coefficient (Wildman–Crippen LogP) is 4.01. The Hall–Kier alpha value is -1.53. The number of hydrogen-bond acceptors (Lipinski definition) is 5. The van der Waals surface area contributed by atoms with Gasteiger partial charge in [-0.2, -0.15) is 0 Å². The van der Waals surface area contributed by atoms with Crippen LogP contribution in [0, 0.1) is 0 Å². The molecular formula is C16H20ClN3O2S. The summed E-state index contributed by atoms with van der Waals surface area (Å²) in [6.45, 7) is 8.47. The number of carbonyl (C=O) groups excluding carboxylic acids is 1. The zero-order valence-electron chi connectivity index (χ0n) is 13.5. The summed E-state index contributed by atoms with van der Waals surface area (Å²) in [5.74, 6) is 0. The minimum atomic E-state index is -0.460. The summed E-state index contributed by atoms with van der Waals surface area (Å²) in [4.78, 5) is 20.6. The number of hydrogen-bond donors (Lipinski definition) is 0. The molecule has 1 fully saturated rings. The van der Waals surface area contributed by atoms with E-state index < -0.39 is 5.60 Å². The molecule has 1 aliphatic heterocycles. The molecule has 0 bridgehead atoms. The largest absolute Gasteiger partial charge is 0.444 e. The number of rotatable bonds is 1. The Balaban J connectivity index is 1.69. The molecule has 3 rings (SSSR count). The molecule has 0 saturated carbocycles. The van der Waals surface area contributed by atoms with Gasteiger partial charge in [-0.1, -0.05) is 11.6 Å². The predicted molar refractivity (Wildman–Crippen MR) is 94.7 cm³/mol. The van der Waals surface area contributed by atoms with Gasteiger partial charge in [0.25, 0.3) is 0 Å². The van der Waals surface area contributed by atoms with E-state index in [0.717, 1.165) is 29.0 Å². The average Bonchev–Trinajstić information content (AvgIpc) is 2.88. The molecule has 0 N–H and O–H groups in total. The van der Waals surface area contributed by atoms with Crippen LogP contribution in [0.25, 0.3) is 10.2 Å². The molecule has 2 aromatic rings. The average molecular weight is 354 g/mol. The lowest BCUT2D eigenvalue weighted by molar-refractivity contribution is 0.0241. The van der Waals surface area contributed by atoms with Gasteiger partial charge in [0.2, 0.25) is 0 Å². The van der Waals surface area contributed by atoms with Gasteiger partial charge in [-0.05, 0) is 32.9 Å². The summed E-state index contributed by atoms with van der Waals surface area (Å²) in [7, 11) is 0. The Bertz CT molecular complexity index is 718. The van der Waals surface area contributed by atoms with Crippen LogP contribution >= 0.6 is 22.9 Å². The van der Waals surface area contributed by atoms with Gasteiger partial charge in [0.05, 0.1) is 10.4 Å². The first kappa shape index (κ1) is 16.3. The Morgan fingerprint density at radius 2 is 1.96 bits per heavy atom. The maximum absolute atomic E-state index is 12.1. The fraction of sp³-hybridized carbons (Fsp3) is 0.500. The van der Waals surface area contributed by atoms with Crippen LogP contribution in [-0.4, -0.2) is 47.8 Å². The van der Waals surface area contributed by atoms with E-state index in [1.54, 1.807) is 16.2 Å². The molecule has 1 saturated heterocycles. The SMILES string of the molecule is CC(C)(C)OC(=O)N1CCN(c2csc3ccc(Cl)nc23)CC1. The molecule has 0 aromatic carbocycles. The number of ether oxygens (including phenoxy) is 1. The molecule has 23 heavy (non-hydrogen) atoms. The summed E-state index contributed by atoms with van der Waals surface area (Å²) in [6, 6.07) is 3.81. The summed E-state index contributed by atoms with van der Waals surface area (Å²) in [5, 5.41) is 2.61. The fourth-order valence-electron chi connectivity index (χ4n) is 2.56. The second-order valence-corrected chi connectivity index (χ2v) is 7.85. The van der Waals surface area contributed by atoms with E-state index in [2.05, 4.69) is 15.3 Å². The third-order valence-electron chi connectivity index (χ3n) is 3.64. The third-order valence-corrected chi connectivity index (χ3v) is 4.77. The van der Waals surface area contributed by atoms with E-state index >= 15 is 0 Å². The number of halogens is 1. The van der Waals surface area contributed by atoms with Gasteiger partial charge < -0.3 is 14.5 Å². The van der Waals surface area contributed by atoms with Crippen LogP contribution in [-0.2, 0) is 4.74 Å². The first-order valence-corrected chi connectivity index (χ1v) is 8.86. The second kappa shape index (κ2) is 6.17. The Morgan fingerprint density at radius 1 is 1.26 bits per heavy atom. The molecular weight excluding hydrogens is 334 g/mol. The Morgan fingerprint density at radius 3 is 2.61 bits per heavy atom. The van der Waals surface area contributed by atoms with Crippen molar-refractivity contribution < 1.29 is 9.53 Å². The molecule has 0 aliphatic carbocycles. The molecule has 0 spiro atoms. The van der Waals surface area contributed by atoms with Crippen LogP contribution < -0.4 is 4.90 Å². The Labute approximate surface area is 144 Å². The van der Waals surface area contributed by atoms with Crippen molar-refractivity contribution in [3.05, 3.63) is 22.7 Å². The highest BCUT2D eigenvalue weighted by Crippen LogP contribution is 2.33. The minimum absolute atomic E-state index is 0.242. The van der Waals surface area contributed by atoms with Crippen molar-refractivity contribution in [2.24, 2.45) is 0 Å². The highest BCUT2D eigenvalue weighted by molar-refractivity contribution is 7.17. The van der Waals surface area contributed by atoms with Gasteiger partial charge in [-0.25, -0.2) is 9.78 Å². The van der Waals surface area contributed by atoms with Crippen LogP contribution in [0.4, 0.5) is 10.5 Å². The maximum atomic E-state index is 12.1. The normalized spacial score (nSPS) is 16.0. The van der Waals surface area contributed by atoms with Crippen molar-refractivity contribution in [1.29, 1.82) is 0 Å². The summed E-state index contributed by atoms with van der Waals surface area (Å²) >= 11 is 7.68. The van der Waals surface area contributed by atoms with Crippen molar-refractivity contribution in [1.82, 2.24) is 9.88 Å². The van der Waals surface area contributed by atoms with Gasteiger partial charge in [-0.15, -0.1) is 11.3 Å². The smallest absolute Gasteiger partial charge is 0.410 e. The lowest BCUT2D eigenvalue weighted by atomic mass is 10.2. The van der Waals surface area contributed by atoms with Crippen LogP contribution in [0.15, 0.2) is 17.5 Å². The first-order valence-electron chi connectivity index (χ1n) is 7.60. The third kappa shape index (κ3) is 3.70. The second-order valence-electron chi connectivity index (χ2n) is 6.56. The maximum Gasteiger partial charge on any atom is 0.410 e. The molecule has 1 amide bonds. The molecule has 0 atom stereocenters. The van der Waals surface area contributed by atoms with Crippen LogP contribution in [0.2, 0.25) is 5.15 Å². The quantitative estimate of drug-likeness (QED) is 0.727. The van der Waals surface area contributed by atoms with Crippen molar-refractivity contribution in [2.75, 3.05) is 31.1 Å². The topological polar surface area (TPSA) is 45.7 Å². The number of piperazine rings is 1. The van der Waals surface area contributed by atoms with Gasteiger partial charge in [0.1, 0.15) is 16.3 Å². The van der Waals surface area contributed by atoms with E-state index in [1.807, 2.05) is 32.9 Å². The van der Waals surface area contributed by atoms with E-state index in [0.29, 0.717) is 18.2 Å². The van der Waals surface area contributed by atoms with E-state index in [9.17, 15) is 4.79 Å². The fourth-order valence-corrected chi connectivity index (χ4v) is 3.61. The molecule has 0 unspecified atom stereocenters. The number of amides is 1. The monoisotopic (exact) mass is 353 g/mol. The number of aromatic nitrogens is 1. The van der Waals surface area contributed by atoms with Crippen LogP contribution in [0.5, 0.6) is 0 Å². The van der Waals surface area contributed by atoms with Gasteiger partial charge in [-0.3, -0.25) is 0 Å². The van der Waals surface area contributed by atoms with Gasteiger partial charge in [0, 0.05) is 31.6 Å². The number of thiophene rings is 1. The van der Waals surface area contributed by atoms with E-state index in [-0.39, 0.29) is 6.09 Å². The number of anilines is 1. The zero-order chi connectivity index (χ0) is 16.6. The Kier molecular flexibility index (Phi) is 4.38. The van der Waals surface area contributed by atoms with Crippen LogP contribution in [0.1, 0.15) is 20.8 Å². The van der Waals surface area contributed by atoms with Crippen LogP contribution in [0.3, 0.4) is 0 Å². The number of fused-ring (bicyclic) bond motifs is 1. The molecule has 124 valence electrons. The van der Waals surface area contributed by atoms with Crippen molar-refractivity contribution in [3.63, 3.8) is 0 Å². The molecule has 5 nitrogen and oxygen atoms in total. The van der Waals surface area contributed by atoms with Crippen molar-refractivity contribution in [3.8, 4) is 0 Å². The number of pyridine rings is 1. The van der Waals surface area contributed by atoms with Crippen molar-refractivity contribution in [2.45, 2.75) is 26.4 Å². The highest BCUT2D eigenvalue weighted by atomic mass is 35.5. The molecule has 0 radical (unpaired) electrons. The van der Waals surface area contributed by atoms with E-state index in [1.165, 1.54) is 0 Å². The van der Waals surface area contributed by atoms with Gasteiger partial charge in [0.15, 0.2) is 0 Å². The zero-order valence-corrected chi connectivity index (χ0v) is 15.1. The molecule has 2 aromatic heterocycles. The minimum Gasteiger partial charge on any atom is -0.444 e. The lowest BCUT2D eigenvalue weighted by Crippen LogP contribution is -2.50. The summed E-state index contributed by atoms with van der Waals surface area (Å²) < 4.78 is 6.55. The first-order chi connectivity index (χ1) is 10.8. The molecule has 1 aliphatic rings. The summed E-state index contributed by atoms with van der Waals surface area (Å²) in [5.41, 5.74) is 1.57. The lowest BCUT2D eigenvalue weighted by Gasteiger charge is -2.36. The number of carbonyl (C=O) groups is 1.